The fourth-order valence-corrected chi connectivity index (χ4v) is 4.59. The van der Waals surface area contributed by atoms with Crippen LogP contribution in [-0.4, -0.2) is 53.7 Å². The first-order chi connectivity index (χ1) is 16.9. The number of nitrogens with one attached hydrogen (secondary N) is 3. The smallest absolute Gasteiger partial charge is 0.325 e. The third-order valence-corrected chi connectivity index (χ3v) is 6.17. The molecule has 184 valence electrons. The lowest BCUT2D eigenvalue weighted by Gasteiger charge is -2.27. The van der Waals surface area contributed by atoms with E-state index in [-0.39, 0.29) is 18.0 Å². The van der Waals surface area contributed by atoms with E-state index >= 15 is 0 Å². The van der Waals surface area contributed by atoms with E-state index < -0.39 is 6.03 Å². The molecule has 0 unspecified atom stereocenters. The van der Waals surface area contributed by atoms with Gasteiger partial charge in [0.1, 0.15) is 5.82 Å². The second-order valence-electron chi connectivity index (χ2n) is 8.07. The highest BCUT2D eigenvalue weighted by Gasteiger charge is 2.24. The lowest BCUT2D eigenvalue weighted by Crippen LogP contribution is -2.31. The highest BCUT2D eigenvalue weighted by atomic mass is 32.1. The first-order valence-corrected chi connectivity index (χ1v) is 11.9. The fourth-order valence-electron chi connectivity index (χ4n) is 3.58. The van der Waals surface area contributed by atoms with E-state index in [1.807, 2.05) is 13.8 Å². The number of ether oxygens (including phenoxy) is 2. The van der Waals surface area contributed by atoms with Gasteiger partial charge in [-0.3, -0.25) is 10.1 Å². The summed E-state index contributed by atoms with van der Waals surface area (Å²) in [5.41, 5.74) is 1.75. The van der Waals surface area contributed by atoms with Crippen molar-refractivity contribution in [1.29, 1.82) is 0 Å². The van der Waals surface area contributed by atoms with E-state index in [1.54, 1.807) is 37.4 Å². The Balaban J connectivity index is 1.44. The molecule has 1 aromatic carbocycles. The second kappa shape index (κ2) is 10.6. The molecule has 0 bridgehead atoms. The second-order valence-corrected chi connectivity index (χ2v) is 9.15. The van der Waals surface area contributed by atoms with Crippen LogP contribution in [0.5, 0.6) is 11.9 Å². The van der Waals surface area contributed by atoms with Crippen LogP contribution in [0, 0.1) is 0 Å². The van der Waals surface area contributed by atoms with Crippen LogP contribution < -0.4 is 30.3 Å². The van der Waals surface area contributed by atoms with Crippen molar-refractivity contribution in [2.45, 2.75) is 32.9 Å². The maximum absolute atomic E-state index is 12.7. The zero-order valence-electron chi connectivity index (χ0n) is 19.9. The molecule has 0 fully saturated rings. The first kappa shape index (κ1) is 24.2. The number of urea groups is 1. The van der Waals surface area contributed by atoms with Gasteiger partial charge in [0, 0.05) is 30.0 Å². The number of carbonyl (C=O) groups is 2. The molecule has 3 heterocycles. The third kappa shape index (κ3) is 5.77. The first-order valence-electron chi connectivity index (χ1n) is 11.0. The Bertz CT molecular complexity index is 1210. The van der Waals surface area contributed by atoms with Crippen LogP contribution in [0.15, 0.2) is 30.3 Å². The minimum Gasteiger partial charge on any atom is -0.481 e. The topological polar surface area (TPSA) is 131 Å². The van der Waals surface area contributed by atoms with E-state index in [0.29, 0.717) is 47.6 Å². The Labute approximate surface area is 206 Å². The summed E-state index contributed by atoms with van der Waals surface area (Å²) in [7, 11) is 3.05. The standard InChI is InChI=1S/C23H27N7O4S/c1-13(2)24-20(31)14-7-5-6-8-15(14)25-21(32)29-23-26-16-9-10-30(12-17(16)35-23)18-11-19(33-3)28-22(27-18)34-4/h5-8,11,13H,9-10,12H2,1-4H3,(H,24,31)(H2,25,26,29,32). The highest BCUT2D eigenvalue weighted by molar-refractivity contribution is 7.15. The van der Waals surface area contributed by atoms with E-state index in [2.05, 4.69) is 35.8 Å². The number of aromatic nitrogens is 3. The molecule has 2 aromatic heterocycles. The molecule has 0 radical (unpaired) electrons. The predicted octanol–water partition coefficient (Wildman–Crippen LogP) is 3.30. The highest BCUT2D eigenvalue weighted by Crippen LogP contribution is 2.31. The number of benzene rings is 1. The quantitative estimate of drug-likeness (QED) is 0.453. The molecule has 11 nitrogen and oxygen atoms in total. The van der Waals surface area contributed by atoms with Gasteiger partial charge in [0.2, 0.25) is 5.88 Å². The Morgan fingerprint density at radius 3 is 2.63 bits per heavy atom. The number of carbonyl (C=O) groups excluding carboxylic acids is 2. The summed E-state index contributed by atoms with van der Waals surface area (Å²) >= 11 is 1.40. The van der Waals surface area contributed by atoms with Crippen molar-refractivity contribution in [3.05, 3.63) is 46.5 Å². The van der Waals surface area contributed by atoms with Gasteiger partial charge >= 0.3 is 12.0 Å². The minimum atomic E-state index is -0.469. The molecule has 12 heteroatoms. The number of methoxy groups -OCH3 is 2. The molecule has 0 atom stereocenters. The molecule has 1 aliphatic rings. The summed E-state index contributed by atoms with van der Waals surface area (Å²) in [6.45, 7) is 5.04. The number of fused-ring (bicyclic) bond motifs is 1. The molecule has 3 aromatic rings. The number of hydrogen-bond donors (Lipinski definition) is 3. The largest absolute Gasteiger partial charge is 0.481 e. The normalized spacial score (nSPS) is 12.7. The van der Waals surface area contributed by atoms with Gasteiger partial charge in [0.05, 0.1) is 37.7 Å². The molecule has 0 aliphatic carbocycles. The number of rotatable bonds is 7. The third-order valence-electron chi connectivity index (χ3n) is 5.18. The lowest BCUT2D eigenvalue weighted by atomic mass is 10.1. The maximum atomic E-state index is 12.7. The van der Waals surface area contributed by atoms with Crippen LogP contribution in [0.2, 0.25) is 0 Å². The molecule has 4 rings (SSSR count). The molecule has 0 spiro atoms. The number of para-hydroxylation sites is 1. The van der Waals surface area contributed by atoms with Crippen molar-refractivity contribution in [2.75, 3.05) is 36.3 Å². The van der Waals surface area contributed by atoms with Crippen molar-refractivity contribution in [1.82, 2.24) is 20.3 Å². The van der Waals surface area contributed by atoms with Gasteiger partial charge in [0.15, 0.2) is 5.13 Å². The van der Waals surface area contributed by atoms with Crippen LogP contribution in [0.4, 0.5) is 21.4 Å². The molecule has 0 saturated carbocycles. The van der Waals surface area contributed by atoms with Crippen LogP contribution >= 0.6 is 11.3 Å². The summed E-state index contributed by atoms with van der Waals surface area (Å²) in [5.74, 6) is 0.860. The van der Waals surface area contributed by atoms with Gasteiger partial charge in [-0.05, 0) is 26.0 Å². The van der Waals surface area contributed by atoms with Crippen molar-refractivity contribution < 1.29 is 19.1 Å². The van der Waals surface area contributed by atoms with Crippen molar-refractivity contribution in [3.63, 3.8) is 0 Å². The molecule has 1 aliphatic heterocycles. The zero-order chi connectivity index (χ0) is 24.9. The van der Waals surface area contributed by atoms with E-state index in [9.17, 15) is 9.59 Å². The summed E-state index contributed by atoms with van der Waals surface area (Å²) in [6.07, 6.45) is 0.696. The SMILES string of the molecule is COc1cc(N2CCc3nc(NC(=O)Nc4ccccc4C(=O)NC(C)C)sc3C2)nc(OC)n1. The predicted molar refractivity (Wildman–Crippen MR) is 134 cm³/mol. The van der Waals surface area contributed by atoms with Gasteiger partial charge in [-0.15, -0.1) is 0 Å². The average Bonchev–Trinajstić information content (AvgIpc) is 3.24. The van der Waals surface area contributed by atoms with Crippen molar-refractivity contribution >= 4 is 39.9 Å². The summed E-state index contributed by atoms with van der Waals surface area (Å²) in [6, 6.07) is 8.37. The maximum Gasteiger partial charge on any atom is 0.325 e. The van der Waals surface area contributed by atoms with E-state index in [0.717, 1.165) is 10.6 Å². The van der Waals surface area contributed by atoms with Crippen molar-refractivity contribution in [2.24, 2.45) is 0 Å². The summed E-state index contributed by atoms with van der Waals surface area (Å²) in [5, 5.41) is 8.86. The Morgan fingerprint density at radius 2 is 1.89 bits per heavy atom. The van der Waals surface area contributed by atoms with Crippen LogP contribution in [0.1, 0.15) is 34.8 Å². The van der Waals surface area contributed by atoms with Crippen LogP contribution in [0.25, 0.3) is 0 Å². The summed E-state index contributed by atoms with van der Waals surface area (Å²) < 4.78 is 10.4. The fraction of sp³-hybridized carbons (Fsp3) is 0.348. The number of thiazole rings is 1. The molecule has 3 amide bonds. The molecule has 0 saturated heterocycles. The van der Waals surface area contributed by atoms with Crippen molar-refractivity contribution in [3.8, 4) is 11.9 Å². The Morgan fingerprint density at radius 1 is 1.09 bits per heavy atom. The lowest BCUT2D eigenvalue weighted by molar-refractivity contribution is 0.0944. The van der Waals surface area contributed by atoms with Gasteiger partial charge in [-0.1, -0.05) is 23.5 Å². The van der Waals surface area contributed by atoms with Gasteiger partial charge in [0.25, 0.3) is 5.91 Å². The monoisotopic (exact) mass is 497 g/mol. The van der Waals surface area contributed by atoms with Gasteiger partial charge in [-0.25, -0.2) is 9.78 Å². The number of anilines is 3. The number of hydrogen-bond acceptors (Lipinski definition) is 9. The Hall–Kier alpha value is -3.93. The van der Waals surface area contributed by atoms with Crippen LogP contribution in [-0.2, 0) is 13.0 Å². The minimum absolute atomic E-state index is 0.0184. The van der Waals surface area contributed by atoms with E-state index in [1.165, 1.54) is 18.4 Å². The average molecular weight is 498 g/mol. The molecule has 3 N–H and O–H groups in total. The number of nitrogens with zero attached hydrogens (tertiary/aromatic N) is 4. The molecular weight excluding hydrogens is 470 g/mol. The Kier molecular flexibility index (Phi) is 7.30. The number of amides is 3. The summed E-state index contributed by atoms with van der Waals surface area (Å²) in [4.78, 5) is 41.4. The van der Waals surface area contributed by atoms with Crippen LogP contribution in [0.3, 0.4) is 0 Å². The molecular formula is C23H27N7O4S. The van der Waals surface area contributed by atoms with Gasteiger partial charge in [-0.2, -0.15) is 9.97 Å². The van der Waals surface area contributed by atoms with Gasteiger partial charge < -0.3 is 25.0 Å². The molecule has 35 heavy (non-hydrogen) atoms. The zero-order valence-corrected chi connectivity index (χ0v) is 20.7. The van der Waals surface area contributed by atoms with E-state index in [4.69, 9.17) is 9.47 Å².